The van der Waals surface area contributed by atoms with Crippen molar-refractivity contribution in [2.45, 2.75) is 39.4 Å². The third kappa shape index (κ3) is 5.13. The summed E-state index contributed by atoms with van der Waals surface area (Å²) < 4.78 is 2.03. The predicted molar refractivity (Wildman–Crippen MR) is 119 cm³/mol. The molecule has 3 rings (SSSR count). The molecule has 10 heteroatoms. The SMILES string of the molecule is CCN(CC)c1ccc(-c2nnc(SCC(=O)Nc3nnc(C)s3)n2CC)cc1. The number of benzene rings is 1. The van der Waals surface area contributed by atoms with Crippen LogP contribution in [-0.4, -0.2) is 49.7 Å². The van der Waals surface area contributed by atoms with Gasteiger partial charge in [0.2, 0.25) is 11.0 Å². The second-order valence-corrected chi connectivity index (χ2v) is 8.36. The summed E-state index contributed by atoms with van der Waals surface area (Å²) >= 11 is 2.72. The van der Waals surface area contributed by atoms with Crippen LogP contribution in [-0.2, 0) is 11.3 Å². The molecule has 0 unspecified atom stereocenters. The van der Waals surface area contributed by atoms with Crippen LogP contribution in [0.3, 0.4) is 0 Å². The fourth-order valence-corrected chi connectivity index (χ4v) is 4.35. The Hall–Kier alpha value is -2.46. The minimum atomic E-state index is -0.137. The molecule has 1 aromatic carbocycles. The van der Waals surface area contributed by atoms with Gasteiger partial charge in [-0.3, -0.25) is 10.1 Å². The quantitative estimate of drug-likeness (QED) is 0.517. The van der Waals surface area contributed by atoms with Gasteiger partial charge in [0.05, 0.1) is 5.75 Å². The summed E-state index contributed by atoms with van der Waals surface area (Å²) in [4.78, 5) is 14.5. The number of carbonyl (C=O) groups excluding carboxylic acids is 1. The molecule has 2 heterocycles. The molecule has 3 aromatic rings. The summed E-state index contributed by atoms with van der Waals surface area (Å²) in [7, 11) is 0. The van der Waals surface area contributed by atoms with E-state index in [-0.39, 0.29) is 11.7 Å². The Kier molecular flexibility index (Phi) is 7.21. The first-order valence-electron chi connectivity index (χ1n) is 9.57. The molecule has 1 amide bonds. The third-order valence-electron chi connectivity index (χ3n) is 4.39. The van der Waals surface area contributed by atoms with Crippen molar-refractivity contribution < 1.29 is 4.79 Å². The number of rotatable bonds is 9. The topological polar surface area (TPSA) is 88.8 Å². The number of amides is 1. The first kappa shape index (κ1) is 21.3. The normalized spacial score (nSPS) is 10.9. The zero-order valence-corrected chi connectivity index (χ0v) is 18.7. The van der Waals surface area contributed by atoms with Gasteiger partial charge >= 0.3 is 0 Å². The fourth-order valence-electron chi connectivity index (χ4n) is 2.94. The lowest BCUT2D eigenvalue weighted by Gasteiger charge is -2.21. The standard InChI is InChI=1S/C19H25N7OS2/c1-5-25(6-2)15-10-8-14(9-11-15)17-22-24-19(26(17)7-3)28-12-16(27)20-18-23-21-13(4)29-18/h8-11H,5-7,12H2,1-4H3,(H,20,23,27). The third-order valence-corrected chi connectivity index (χ3v) is 6.11. The minimum Gasteiger partial charge on any atom is -0.372 e. The lowest BCUT2D eigenvalue weighted by atomic mass is 10.2. The molecule has 0 saturated carbocycles. The van der Waals surface area contributed by atoms with Crippen LogP contribution in [0.25, 0.3) is 11.4 Å². The smallest absolute Gasteiger partial charge is 0.236 e. The molecule has 8 nitrogen and oxygen atoms in total. The minimum absolute atomic E-state index is 0.137. The summed E-state index contributed by atoms with van der Waals surface area (Å²) in [6.07, 6.45) is 0. The van der Waals surface area contributed by atoms with E-state index in [0.29, 0.717) is 5.13 Å². The van der Waals surface area contributed by atoms with Crippen molar-refractivity contribution in [1.82, 2.24) is 25.0 Å². The lowest BCUT2D eigenvalue weighted by molar-refractivity contribution is -0.113. The predicted octanol–water partition coefficient (Wildman–Crippen LogP) is 3.70. The van der Waals surface area contributed by atoms with E-state index in [1.807, 2.05) is 18.4 Å². The van der Waals surface area contributed by atoms with Crippen LogP contribution in [0.5, 0.6) is 0 Å². The number of nitrogens with zero attached hydrogens (tertiary/aromatic N) is 6. The summed E-state index contributed by atoms with van der Waals surface area (Å²) in [5, 5.41) is 21.3. The molecule has 0 spiro atoms. The Morgan fingerprint density at radius 2 is 1.83 bits per heavy atom. The summed E-state index contributed by atoms with van der Waals surface area (Å²) in [6, 6.07) is 8.37. The Morgan fingerprint density at radius 1 is 1.10 bits per heavy atom. The number of nitrogens with one attached hydrogen (secondary N) is 1. The first-order chi connectivity index (χ1) is 14.0. The zero-order valence-electron chi connectivity index (χ0n) is 17.0. The summed E-state index contributed by atoms with van der Waals surface area (Å²) in [5.41, 5.74) is 2.20. The van der Waals surface area contributed by atoms with Crippen molar-refractivity contribution in [2.75, 3.05) is 29.1 Å². The zero-order chi connectivity index (χ0) is 20.8. The number of hydrogen-bond acceptors (Lipinski definition) is 8. The largest absolute Gasteiger partial charge is 0.372 e. The van der Waals surface area contributed by atoms with Crippen LogP contribution in [0.2, 0.25) is 0 Å². The van der Waals surface area contributed by atoms with Crippen molar-refractivity contribution in [3.63, 3.8) is 0 Å². The summed E-state index contributed by atoms with van der Waals surface area (Å²) in [6.45, 7) is 10.9. The van der Waals surface area contributed by atoms with Crippen molar-refractivity contribution in [2.24, 2.45) is 0 Å². The van der Waals surface area contributed by atoms with Gasteiger partial charge in [-0.15, -0.1) is 20.4 Å². The molecule has 0 bridgehead atoms. The van der Waals surface area contributed by atoms with Gasteiger partial charge < -0.3 is 9.47 Å². The highest BCUT2D eigenvalue weighted by Crippen LogP contribution is 2.26. The molecule has 0 saturated heterocycles. The van der Waals surface area contributed by atoms with Crippen LogP contribution < -0.4 is 10.2 Å². The average molecular weight is 432 g/mol. The fraction of sp³-hybridized carbons (Fsp3) is 0.421. The molecule has 29 heavy (non-hydrogen) atoms. The Labute approximate surface area is 178 Å². The number of aryl methyl sites for hydroxylation is 1. The number of aromatic nitrogens is 5. The van der Waals surface area contributed by atoms with Gasteiger partial charge in [0.25, 0.3) is 0 Å². The Morgan fingerprint density at radius 3 is 2.41 bits per heavy atom. The molecule has 0 atom stereocenters. The van der Waals surface area contributed by atoms with Gasteiger partial charge in [0.15, 0.2) is 11.0 Å². The van der Waals surface area contributed by atoms with Gasteiger partial charge in [-0.25, -0.2) is 0 Å². The van der Waals surface area contributed by atoms with Gasteiger partial charge in [-0.2, -0.15) is 0 Å². The molecular weight excluding hydrogens is 406 g/mol. The highest BCUT2D eigenvalue weighted by molar-refractivity contribution is 7.99. The van der Waals surface area contributed by atoms with E-state index < -0.39 is 0 Å². The Bertz CT molecular complexity index is 948. The van der Waals surface area contributed by atoms with Crippen molar-refractivity contribution >= 4 is 39.8 Å². The van der Waals surface area contributed by atoms with E-state index in [1.54, 1.807) is 0 Å². The molecule has 2 aromatic heterocycles. The highest BCUT2D eigenvalue weighted by Gasteiger charge is 2.15. The van der Waals surface area contributed by atoms with Gasteiger partial charge in [-0.1, -0.05) is 23.1 Å². The molecule has 0 fully saturated rings. The molecule has 154 valence electrons. The maximum atomic E-state index is 12.2. The maximum Gasteiger partial charge on any atom is 0.236 e. The van der Waals surface area contributed by atoms with Crippen molar-refractivity contribution in [3.05, 3.63) is 29.3 Å². The molecule has 0 aliphatic heterocycles. The van der Waals surface area contributed by atoms with Gasteiger partial charge in [0.1, 0.15) is 5.01 Å². The highest BCUT2D eigenvalue weighted by atomic mass is 32.2. The molecule has 0 aliphatic carbocycles. The summed E-state index contributed by atoms with van der Waals surface area (Å²) in [5.74, 6) is 0.903. The number of anilines is 2. The number of hydrogen-bond donors (Lipinski definition) is 1. The van der Waals surface area contributed by atoms with E-state index in [1.165, 1.54) is 28.8 Å². The van der Waals surface area contributed by atoms with Crippen LogP contribution in [0.1, 0.15) is 25.8 Å². The van der Waals surface area contributed by atoms with E-state index in [0.717, 1.165) is 41.2 Å². The van der Waals surface area contributed by atoms with Crippen LogP contribution in [0, 0.1) is 6.92 Å². The first-order valence-corrected chi connectivity index (χ1v) is 11.4. The van der Waals surface area contributed by atoms with Gasteiger partial charge in [-0.05, 0) is 52.0 Å². The molecule has 0 radical (unpaired) electrons. The van der Waals surface area contributed by atoms with E-state index in [4.69, 9.17) is 0 Å². The van der Waals surface area contributed by atoms with Crippen molar-refractivity contribution in [1.29, 1.82) is 0 Å². The second kappa shape index (κ2) is 9.84. The lowest BCUT2D eigenvalue weighted by Crippen LogP contribution is -2.21. The van der Waals surface area contributed by atoms with Gasteiger partial charge in [0, 0.05) is 30.9 Å². The number of carbonyl (C=O) groups is 1. The van der Waals surface area contributed by atoms with E-state index in [9.17, 15) is 4.79 Å². The molecular formula is C19H25N7OS2. The average Bonchev–Trinajstić information content (AvgIpc) is 3.33. The van der Waals surface area contributed by atoms with Crippen LogP contribution >= 0.6 is 23.1 Å². The number of thioether (sulfide) groups is 1. The molecule has 1 N–H and O–H groups in total. The maximum absolute atomic E-state index is 12.2. The Balaban J connectivity index is 1.69. The van der Waals surface area contributed by atoms with Crippen LogP contribution in [0.4, 0.5) is 10.8 Å². The molecule has 0 aliphatic rings. The second-order valence-electron chi connectivity index (χ2n) is 6.23. The van der Waals surface area contributed by atoms with E-state index >= 15 is 0 Å². The van der Waals surface area contributed by atoms with E-state index in [2.05, 4.69) is 68.7 Å². The monoisotopic (exact) mass is 431 g/mol. The van der Waals surface area contributed by atoms with Crippen LogP contribution in [0.15, 0.2) is 29.4 Å². The van der Waals surface area contributed by atoms with Crippen molar-refractivity contribution in [3.8, 4) is 11.4 Å².